The average Bonchev–Trinajstić information content (AvgIpc) is 3.42. The molecule has 0 saturated heterocycles. The molecule has 76 heavy (non-hydrogen) atoms. The Kier molecular flexibility index (Phi) is 59.6. The fraction of sp³-hybridized carbons (Fsp3) is 0.521. The molecule has 5 heteroatoms. The third-order valence-electron chi connectivity index (χ3n) is 11.9. The SMILES string of the molecule is CC/C=C\C/C=C\C/C=C\C/C=C\C/C=C\C/C=C\C/C=C\C/C=C\CCCCCCCCCCC(=O)OC(CO)COC(=O)CCCCCC/C=C\C/C=C\C/C=C\C/C=C\C/C=C\C/C=C\C/C=C\C/C=C\CC. The lowest BCUT2D eigenvalue weighted by molar-refractivity contribution is -0.161. The predicted molar refractivity (Wildman–Crippen MR) is 333 cm³/mol. The number of carbonyl (C=O) groups excluding carboxylic acids is 2. The fourth-order valence-electron chi connectivity index (χ4n) is 7.47. The first kappa shape index (κ1) is 70.7. The van der Waals surface area contributed by atoms with E-state index in [1.165, 1.54) is 32.1 Å². The highest BCUT2D eigenvalue weighted by atomic mass is 16.6. The van der Waals surface area contributed by atoms with Crippen LogP contribution in [-0.2, 0) is 19.1 Å². The molecular formula is C71H108O5. The average molecular weight is 1040 g/mol. The van der Waals surface area contributed by atoms with E-state index in [4.69, 9.17) is 9.47 Å². The quantitative estimate of drug-likeness (QED) is 0.0373. The van der Waals surface area contributed by atoms with Crippen LogP contribution in [0.4, 0.5) is 0 Å². The summed E-state index contributed by atoms with van der Waals surface area (Å²) in [6, 6.07) is 0. The van der Waals surface area contributed by atoms with E-state index >= 15 is 0 Å². The van der Waals surface area contributed by atoms with Crippen LogP contribution in [0.3, 0.4) is 0 Å². The number of aliphatic hydroxyl groups excluding tert-OH is 1. The third kappa shape index (κ3) is 61.3. The van der Waals surface area contributed by atoms with Crippen LogP contribution in [0.15, 0.2) is 194 Å². The topological polar surface area (TPSA) is 72.8 Å². The molecule has 0 saturated carbocycles. The molecule has 0 aromatic rings. The molecule has 0 aliphatic carbocycles. The Bertz CT molecular complexity index is 1800. The Morgan fingerprint density at radius 2 is 0.526 bits per heavy atom. The first-order valence-electron chi connectivity index (χ1n) is 30.0. The van der Waals surface area contributed by atoms with Crippen molar-refractivity contribution >= 4 is 11.9 Å². The number of ether oxygens (including phenoxy) is 2. The highest BCUT2D eigenvalue weighted by Gasteiger charge is 2.16. The van der Waals surface area contributed by atoms with Gasteiger partial charge >= 0.3 is 11.9 Å². The minimum atomic E-state index is -0.805. The second-order valence-corrected chi connectivity index (χ2v) is 19.0. The molecule has 0 rings (SSSR count). The molecule has 0 fully saturated rings. The molecule has 0 aromatic carbocycles. The maximum Gasteiger partial charge on any atom is 0.306 e. The van der Waals surface area contributed by atoms with Crippen LogP contribution < -0.4 is 0 Å². The molecule has 422 valence electrons. The van der Waals surface area contributed by atoms with Crippen LogP contribution in [0.1, 0.15) is 219 Å². The normalized spacial score (nSPS) is 13.7. The van der Waals surface area contributed by atoms with E-state index < -0.39 is 6.10 Å². The number of carbonyl (C=O) groups is 2. The molecule has 0 aliphatic rings. The number of allylic oxidation sites excluding steroid dienone is 32. The van der Waals surface area contributed by atoms with Gasteiger partial charge in [0.2, 0.25) is 0 Å². The minimum Gasteiger partial charge on any atom is -0.462 e. The zero-order valence-electron chi connectivity index (χ0n) is 48.2. The highest BCUT2D eigenvalue weighted by Crippen LogP contribution is 2.13. The first-order valence-corrected chi connectivity index (χ1v) is 30.0. The first-order chi connectivity index (χ1) is 37.6. The van der Waals surface area contributed by atoms with Crippen LogP contribution in [-0.4, -0.2) is 36.4 Å². The van der Waals surface area contributed by atoms with Crippen molar-refractivity contribution in [3.8, 4) is 0 Å². The van der Waals surface area contributed by atoms with E-state index in [1.54, 1.807) is 0 Å². The Morgan fingerprint density at radius 3 is 0.789 bits per heavy atom. The summed E-state index contributed by atoms with van der Waals surface area (Å²) in [5, 5.41) is 9.67. The molecule has 0 bridgehead atoms. The predicted octanol–water partition coefficient (Wildman–Crippen LogP) is 20.9. The lowest BCUT2D eigenvalue weighted by atomic mass is 10.1. The van der Waals surface area contributed by atoms with Crippen molar-refractivity contribution in [3.05, 3.63) is 194 Å². The zero-order valence-corrected chi connectivity index (χ0v) is 48.2. The number of hydrogen-bond donors (Lipinski definition) is 1. The van der Waals surface area contributed by atoms with Crippen LogP contribution in [0.2, 0.25) is 0 Å². The third-order valence-corrected chi connectivity index (χ3v) is 11.9. The highest BCUT2D eigenvalue weighted by molar-refractivity contribution is 5.70. The van der Waals surface area contributed by atoms with Gasteiger partial charge in [0.1, 0.15) is 6.61 Å². The second-order valence-electron chi connectivity index (χ2n) is 19.0. The van der Waals surface area contributed by atoms with E-state index in [2.05, 4.69) is 208 Å². The van der Waals surface area contributed by atoms with Crippen LogP contribution >= 0.6 is 0 Å². The van der Waals surface area contributed by atoms with E-state index in [1.807, 2.05) is 0 Å². The number of esters is 2. The van der Waals surface area contributed by atoms with Crippen molar-refractivity contribution in [2.45, 2.75) is 225 Å². The summed E-state index contributed by atoms with van der Waals surface area (Å²) in [5.74, 6) is -0.646. The van der Waals surface area contributed by atoms with Gasteiger partial charge in [-0.15, -0.1) is 0 Å². The van der Waals surface area contributed by atoms with E-state index in [0.717, 1.165) is 161 Å². The minimum absolute atomic E-state index is 0.0970. The lowest BCUT2D eigenvalue weighted by Crippen LogP contribution is -2.28. The second kappa shape index (κ2) is 64.0. The maximum absolute atomic E-state index is 12.3. The molecule has 1 atom stereocenters. The van der Waals surface area contributed by atoms with Gasteiger partial charge in [0.25, 0.3) is 0 Å². The van der Waals surface area contributed by atoms with Gasteiger partial charge in [-0.2, -0.15) is 0 Å². The van der Waals surface area contributed by atoms with Gasteiger partial charge in [-0.25, -0.2) is 0 Å². The van der Waals surface area contributed by atoms with Crippen molar-refractivity contribution in [2.75, 3.05) is 13.2 Å². The van der Waals surface area contributed by atoms with Crippen LogP contribution in [0.5, 0.6) is 0 Å². The summed E-state index contributed by atoms with van der Waals surface area (Å²) in [6.45, 7) is 3.87. The standard InChI is InChI=1S/C71H108O5/c1-3-5-7-9-11-13-15-17-19-21-23-25-27-29-31-33-34-35-36-38-40-42-44-46-48-50-52-54-56-58-60-62-64-66-71(74)76-69(67-72)68-75-70(73)65-63-61-59-57-55-53-51-49-47-45-43-41-39-37-32-30-28-26-24-22-20-18-16-14-12-10-8-6-4-2/h5-8,11-14,17-20,23-26,29-32,34-35,38-41,44-47,51,53,69,72H,3-4,9-10,15-16,21-22,27-28,33,36-37,42-43,48-50,52,54-68H2,1-2H3/b7-5-,8-6-,13-11-,14-12-,19-17-,20-18-,25-23-,26-24-,31-29-,32-30-,35-34-,40-38-,41-39-,46-44-,47-45-,53-51-. The molecule has 0 radical (unpaired) electrons. The van der Waals surface area contributed by atoms with Gasteiger partial charge in [-0.05, 0) is 141 Å². The molecule has 0 heterocycles. The summed E-state index contributed by atoms with van der Waals surface area (Å²) in [7, 11) is 0. The van der Waals surface area contributed by atoms with Crippen molar-refractivity contribution in [3.63, 3.8) is 0 Å². The molecule has 1 N–H and O–H groups in total. The van der Waals surface area contributed by atoms with E-state index in [0.29, 0.717) is 12.8 Å². The lowest BCUT2D eigenvalue weighted by Gasteiger charge is -2.15. The number of aliphatic hydroxyl groups is 1. The Balaban J connectivity index is 3.67. The molecule has 0 spiro atoms. The van der Waals surface area contributed by atoms with Gasteiger partial charge in [0, 0.05) is 12.8 Å². The number of unbranched alkanes of at least 4 members (excludes halogenated alkanes) is 12. The molecule has 1 unspecified atom stereocenters. The molecular weight excluding hydrogens is 933 g/mol. The molecule has 0 aromatic heterocycles. The van der Waals surface area contributed by atoms with Gasteiger partial charge < -0.3 is 14.6 Å². The van der Waals surface area contributed by atoms with Gasteiger partial charge in [0.05, 0.1) is 6.61 Å². The summed E-state index contributed by atoms with van der Waals surface area (Å²) >= 11 is 0. The largest absolute Gasteiger partial charge is 0.462 e. The summed E-state index contributed by atoms with van der Waals surface area (Å²) in [6.07, 6.45) is 103. The monoisotopic (exact) mass is 1040 g/mol. The fourth-order valence-corrected chi connectivity index (χ4v) is 7.47. The van der Waals surface area contributed by atoms with Crippen molar-refractivity contribution < 1.29 is 24.2 Å². The maximum atomic E-state index is 12.3. The van der Waals surface area contributed by atoms with E-state index in [-0.39, 0.29) is 25.2 Å². The van der Waals surface area contributed by atoms with Crippen molar-refractivity contribution in [1.82, 2.24) is 0 Å². The Hall–Kier alpha value is -5.26. The molecule has 5 nitrogen and oxygen atoms in total. The van der Waals surface area contributed by atoms with Crippen LogP contribution in [0, 0.1) is 0 Å². The summed E-state index contributed by atoms with van der Waals surface area (Å²) < 4.78 is 10.7. The van der Waals surface area contributed by atoms with Gasteiger partial charge in [-0.3, -0.25) is 9.59 Å². The number of rotatable bonds is 52. The Morgan fingerprint density at radius 1 is 0.303 bits per heavy atom. The van der Waals surface area contributed by atoms with Crippen molar-refractivity contribution in [1.29, 1.82) is 0 Å². The van der Waals surface area contributed by atoms with Gasteiger partial charge in [0.15, 0.2) is 6.10 Å². The zero-order chi connectivity index (χ0) is 54.8. The summed E-state index contributed by atoms with van der Waals surface area (Å²) in [5.41, 5.74) is 0. The summed E-state index contributed by atoms with van der Waals surface area (Å²) in [4.78, 5) is 24.6. The Labute approximate surface area is 467 Å². The smallest absolute Gasteiger partial charge is 0.306 e. The van der Waals surface area contributed by atoms with E-state index in [9.17, 15) is 14.7 Å². The van der Waals surface area contributed by atoms with Gasteiger partial charge in [-0.1, -0.05) is 260 Å². The molecule has 0 aliphatic heterocycles. The molecule has 0 amide bonds. The number of hydrogen-bond acceptors (Lipinski definition) is 5. The van der Waals surface area contributed by atoms with Crippen molar-refractivity contribution in [2.24, 2.45) is 0 Å². The van der Waals surface area contributed by atoms with Crippen LogP contribution in [0.25, 0.3) is 0 Å².